The summed E-state index contributed by atoms with van der Waals surface area (Å²) in [6.45, 7) is 2.11. The van der Waals surface area contributed by atoms with Gasteiger partial charge in [-0.3, -0.25) is 19.7 Å². The normalized spacial score (nSPS) is 15.7. The minimum absolute atomic E-state index is 0.0114. The van der Waals surface area contributed by atoms with Crippen LogP contribution < -0.4 is 4.87 Å². The average molecular weight is 412 g/mol. The summed E-state index contributed by atoms with van der Waals surface area (Å²) in [5, 5.41) is 10.7. The van der Waals surface area contributed by atoms with Crippen LogP contribution >= 0.6 is 11.3 Å². The summed E-state index contributed by atoms with van der Waals surface area (Å²) < 4.78 is 26.6. The molecule has 0 atom stereocenters. The number of H-pyrrole nitrogens is 1. The van der Waals surface area contributed by atoms with Gasteiger partial charge in [-0.15, -0.1) is 0 Å². The molecule has 0 unspecified atom stereocenters. The SMILES string of the molecule is Cc1[nH]c(=O)sc1S(=O)(=O)N1CCN(C(=O)c2ccc([N+](=O)[O-])cc2)CC1. The number of nitrogens with zero attached hydrogens (tertiary/aromatic N) is 3. The quantitative estimate of drug-likeness (QED) is 0.583. The van der Waals surface area contributed by atoms with Crippen LogP contribution in [0.4, 0.5) is 5.69 Å². The molecule has 1 aromatic heterocycles. The summed E-state index contributed by atoms with van der Waals surface area (Å²) >= 11 is 0.646. The van der Waals surface area contributed by atoms with Crippen LogP contribution in [0.2, 0.25) is 0 Å². The summed E-state index contributed by atoms with van der Waals surface area (Å²) in [5.41, 5.74) is 0.495. The minimum atomic E-state index is -3.79. The standard InChI is InChI=1S/C15H16N4O6S2/c1-10-14(26-15(21)16-10)27(24,25)18-8-6-17(7-9-18)13(20)11-2-4-12(5-3-11)19(22)23/h2-5H,6-9H2,1H3,(H,16,21). The number of piperazine rings is 1. The Labute approximate surface area is 158 Å². The molecule has 12 heteroatoms. The molecule has 0 saturated carbocycles. The summed E-state index contributed by atoms with van der Waals surface area (Å²) in [6, 6.07) is 5.27. The van der Waals surface area contributed by atoms with Crippen molar-refractivity contribution in [2.45, 2.75) is 11.1 Å². The first-order valence-electron chi connectivity index (χ1n) is 7.94. The van der Waals surface area contributed by atoms with Crippen LogP contribution in [0.1, 0.15) is 16.1 Å². The molecule has 1 amide bonds. The van der Waals surface area contributed by atoms with Gasteiger partial charge in [-0.1, -0.05) is 11.3 Å². The minimum Gasteiger partial charge on any atom is -0.336 e. The molecule has 0 spiro atoms. The first kappa shape index (κ1) is 19.2. The maximum absolute atomic E-state index is 12.7. The van der Waals surface area contributed by atoms with Crippen molar-refractivity contribution in [3.8, 4) is 0 Å². The third-order valence-electron chi connectivity index (χ3n) is 4.21. The van der Waals surface area contributed by atoms with Crippen molar-refractivity contribution in [3.05, 3.63) is 55.3 Å². The fourth-order valence-corrected chi connectivity index (χ4v) is 5.65. The van der Waals surface area contributed by atoms with Crippen molar-refractivity contribution >= 4 is 33.0 Å². The van der Waals surface area contributed by atoms with Gasteiger partial charge in [0.05, 0.1) is 4.92 Å². The van der Waals surface area contributed by atoms with Gasteiger partial charge in [-0.05, 0) is 19.1 Å². The molecular weight excluding hydrogens is 396 g/mol. The number of nitro benzene ring substituents is 1. The van der Waals surface area contributed by atoms with E-state index in [9.17, 15) is 28.1 Å². The molecule has 1 aromatic carbocycles. The van der Waals surface area contributed by atoms with Gasteiger partial charge in [0.25, 0.3) is 21.6 Å². The molecule has 0 radical (unpaired) electrons. The fraction of sp³-hybridized carbons (Fsp3) is 0.333. The number of carbonyl (C=O) groups excluding carboxylic acids is 1. The zero-order valence-electron chi connectivity index (χ0n) is 14.2. The van der Waals surface area contributed by atoms with E-state index in [2.05, 4.69) is 4.98 Å². The number of aromatic amines is 1. The van der Waals surface area contributed by atoms with Gasteiger partial charge in [-0.25, -0.2) is 8.42 Å². The zero-order valence-corrected chi connectivity index (χ0v) is 15.9. The first-order chi connectivity index (χ1) is 12.7. The molecule has 144 valence electrons. The van der Waals surface area contributed by atoms with Crippen LogP contribution in [0.25, 0.3) is 0 Å². The summed E-state index contributed by atoms with van der Waals surface area (Å²) in [6.07, 6.45) is 0. The highest BCUT2D eigenvalue weighted by Crippen LogP contribution is 2.23. The van der Waals surface area contributed by atoms with Gasteiger partial charge in [0.2, 0.25) is 0 Å². The molecule has 1 N–H and O–H groups in total. The number of amides is 1. The number of thiazole rings is 1. The smallest absolute Gasteiger partial charge is 0.305 e. The maximum atomic E-state index is 12.7. The predicted molar refractivity (Wildman–Crippen MR) is 97.4 cm³/mol. The highest BCUT2D eigenvalue weighted by Gasteiger charge is 2.33. The fourth-order valence-electron chi connectivity index (χ4n) is 2.79. The number of aryl methyl sites for hydroxylation is 1. The van der Waals surface area contributed by atoms with Crippen LogP contribution in [-0.2, 0) is 10.0 Å². The Morgan fingerprint density at radius 3 is 2.26 bits per heavy atom. The number of hydrogen-bond donors (Lipinski definition) is 1. The molecule has 1 aliphatic heterocycles. The Morgan fingerprint density at radius 1 is 1.19 bits per heavy atom. The van der Waals surface area contributed by atoms with Crippen LogP contribution in [0.15, 0.2) is 33.3 Å². The van der Waals surface area contributed by atoms with E-state index in [1.807, 2.05) is 0 Å². The third kappa shape index (κ3) is 3.77. The molecular formula is C15H16N4O6S2. The second-order valence-electron chi connectivity index (χ2n) is 5.93. The number of sulfonamides is 1. The first-order valence-corrected chi connectivity index (χ1v) is 10.2. The lowest BCUT2D eigenvalue weighted by Crippen LogP contribution is -2.50. The third-order valence-corrected chi connectivity index (χ3v) is 7.69. The highest BCUT2D eigenvalue weighted by atomic mass is 32.2. The molecule has 27 heavy (non-hydrogen) atoms. The summed E-state index contributed by atoms with van der Waals surface area (Å²) in [4.78, 5) is 37.6. The monoisotopic (exact) mass is 412 g/mol. The topological polar surface area (TPSA) is 134 Å². The van der Waals surface area contributed by atoms with Gasteiger partial charge >= 0.3 is 4.87 Å². The molecule has 0 bridgehead atoms. The number of carbonyl (C=O) groups is 1. The Hall–Kier alpha value is -2.57. The van der Waals surface area contributed by atoms with Gasteiger partial charge in [0, 0.05) is 49.6 Å². The average Bonchev–Trinajstić information content (AvgIpc) is 3.00. The van der Waals surface area contributed by atoms with Crippen LogP contribution in [-0.4, -0.2) is 59.6 Å². The number of non-ortho nitro benzene ring substituents is 1. The second kappa shape index (κ2) is 7.21. The summed E-state index contributed by atoms with van der Waals surface area (Å²) in [5.74, 6) is -0.315. The predicted octanol–water partition coefficient (Wildman–Crippen LogP) is 0.800. The summed E-state index contributed by atoms with van der Waals surface area (Å²) in [7, 11) is -3.79. The largest absolute Gasteiger partial charge is 0.336 e. The van der Waals surface area contributed by atoms with Crippen molar-refractivity contribution < 1.29 is 18.1 Å². The van der Waals surface area contributed by atoms with Crippen LogP contribution in [0, 0.1) is 17.0 Å². The van der Waals surface area contributed by atoms with Crippen LogP contribution in [0.3, 0.4) is 0 Å². The molecule has 1 fully saturated rings. The lowest BCUT2D eigenvalue weighted by molar-refractivity contribution is -0.384. The number of nitro groups is 1. The van der Waals surface area contributed by atoms with E-state index < -0.39 is 19.8 Å². The van der Waals surface area contributed by atoms with E-state index in [1.165, 1.54) is 40.4 Å². The molecule has 10 nitrogen and oxygen atoms in total. The highest BCUT2D eigenvalue weighted by molar-refractivity contribution is 7.91. The Bertz CT molecular complexity index is 1030. The molecule has 2 heterocycles. The van der Waals surface area contributed by atoms with E-state index in [4.69, 9.17) is 0 Å². The molecule has 0 aliphatic carbocycles. The maximum Gasteiger partial charge on any atom is 0.305 e. The number of aromatic nitrogens is 1. The van der Waals surface area contributed by atoms with Crippen LogP contribution in [0.5, 0.6) is 0 Å². The lowest BCUT2D eigenvalue weighted by atomic mass is 10.1. The van der Waals surface area contributed by atoms with Crippen molar-refractivity contribution in [3.63, 3.8) is 0 Å². The van der Waals surface area contributed by atoms with Gasteiger partial charge in [0.15, 0.2) is 4.21 Å². The molecule has 1 saturated heterocycles. The van der Waals surface area contributed by atoms with Crippen molar-refractivity contribution in [2.75, 3.05) is 26.2 Å². The number of rotatable bonds is 4. The van der Waals surface area contributed by atoms with E-state index in [1.54, 1.807) is 0 Å². The lowest BCUT2D eigenvalue weighted by Gasteiger charge is -2.33. The Balaban J connectivity index is 1.69. The van der Waals surface area contributed by atoms with E-state index in [0.29, 0.717) is 22.6 Å². The number of hydrogen-bond acceptors (Lipinski definition) is 7. The van der Waals surface area contributed by atoms with Gasteiger partial charge < -0.3 is 9.88 Å². The number of nitrogens with one attached hydrogen (secondary N) is 1. The molecule has 1 aliphatic rings. The molecule has 2 aromatic rings. The van der Waals surface area contributed by atoms with E-state index in [0.717, 1.165) is 0 Å². The Kier molecular flexibility index (Phi) is 5.13. The zero-order chi connectivity index (χ0) is 19.8. The van der Waals surface area contributed by atoms with Gasteiger partial charge in [-0.2, -0.15) is 4.31 Å². The van der Waals surface area contributed by atoms with Crippen molar-refractivity contribution in [1.29, 1.82) is 0 Å². The van der Waals surface area contributed by atoms with Crippen molar-refractivity contribution in [1.82, 2.24) is 14.2 Å². The van der Waals surface area contributed by atoms with Crippen molar-refractivity contribution in [2.24, 2.45) is 0 Å². The van der Waals surface area contributed by atoms with E-state index in [-0.39, 0.29) is 42.0 Å². The Morgan fingerprint density at radius 2 is 1.78 bits per heavy atom. The molecule has 3 rings (SSSR count). The van der Waals surface area contributed by atoms with Gasteiger partial charge in [0.1, 0.15) is 0 Å². The second-order valence-corrected chi connectivity index (χ2v) is 9.04. The number of benzene rings is 1. The van der Waals surface area contributed by atoms with E-state index >= 15 is 0 Å².